The maximum atomic E-state index is 5.68. The van der Waals surface area contributed by atoms with Gasteiger partial charge in [0.15, 0.2) is 11.5 Å². The molecule has 4 nitrogen and oxygen atoms in total. The Morgan fingerprint density at radius 2 is 1.94 bits per heavy atom. The molecule has 7 heteroatoms. The summed E-state index contributed by atoms with van der Waals surface area (Å²) in [7, 11) is 3.46. The van der Waals surface area contributed by atoms with E-state index >= 15 is 0 Å². The lowest BCUT2D eigenvalue weighted by Gasteiger charge is -2.36. The molecular formula is C24H38Cl2N2O2S. The van der Waals surface area contributed by atoms with Gasteiger partial charge in [0.2, 0.25) is 0 Å². The Morgan fingerprint density at radius 3 is 2.61 bits per heavy atom. The Morgan fingerprint density at radius 1 is 1.10 bits per heavy atom. The van der Waals surface area contributed by atoms with Gasteiger partial charge in [-0.2, -0.15) is 0 Å². The lowest BCUT2D eigenvalue weighted by atomic mass is 9.87. The van der Waals surface area contributed by atoms with E-state index in [4.69, 9.17) is 9.47 Å². The summed E-state index contributed by atoms with van der Waals surface area (Å²) in [6.07, 6.45) is 9.53. The molecule has 0 spiro atoms. The maximum absolute atomic E-state index is 5.68. The van der Waals surface area contributed by atoms with Gasteiger partial charge in [0.25, 0.3) is 0 Å². The zero-order valence-corrected chi connectivity index (χ0v) is 21.5. The van der Waals surface area contributed by atoms with E-state index < -0.39 is 0 Å². The van der Waals surface area contributed by atoms with Crippen molar-refractivity contribution in [1.82, 2.24) is 10.4 Å². The van der Waals surface area contributed by atoms with E-state index in [1.54, 1.807) is 14.2 Å². The van der Waals surface area contributed by atoms with Crippen LogP contribution in [0.2, 0.25) is 0 Å². The van der Waals surface area contributed by atoms with Crippen LogP contribution in [0.4, 0.5) is 0 Å². The van der Waals surface area contributed by atoms with Crippen LogP contribution in [0.15, 0.2) is 29.6 Å². The van der Waals surface area contributed by atoms with E-state index in [-0.39, 0.29) is 24.8 Å². The van der Waals surface area contributed by atoms with Crippen LogP contribution in [0.25, 0.3) is 0 Å². The second kappa shape index (κ2) is 15.0. The summed E-state index contributed by atoms with van der Waals surface area (Å²) in [5, 5.41) is 4.69. The molecule has 3 rings (SSSR count). The number of halogens is 2. The normalized spacial score (nSPS) is 15.0. The van der Waals surface area contributed by atoms with E-state index in [1.807, 2.05) is 11.3 Å². The Hall–Kier alpha value is -0.980. The highest BCUT2D eigenvalue weighted by Gasteiger charge is 2.27. The molecule has 0 radical (unpaired) electrons. The van der Waals surface area contributed by atoms with Crippen molar-refractivity contribution in [3.05, 3.63) is 45.6 Å². The van der Waals surface area contributed by atoms with Crippen LogP contribution in [-0.2, 0) is 19.3 Å². The summed E-state index contributed by atoms with van der Waals surface area (Å²) < 4.78 is 11.2. The van der Waals surface area contributed by atoms with Gasteiger partial charge in [0.05, 0.1) is 14.2 Å². The van der Waals surface area contributed by atoms with Crippen molar-refractivity contribution in [2.45, 2.75) is 64.3 Å². The molecule has 1 atom stereocenters. The minimum atomic E-state index is 0. The van der Waals surface area contributed by atoms with Crippen LogP contribution in [-0.4, -0.2) is 38.4 Å². The second-order valence-corrected chi connectivity index (χ2v) is 8.86. The van der Waals surface area contributed by atoms with Gasteiger partial charge in [-0.25, -0.2) is 5.01 Å². The van der Waals surface area contributed by atoms with Crippen molar-refractivity contribution in [2.75, 3.05) is 27.3 Å². The summed E-state index contributed by atoms with van der Waals surface area (Å²) in [4.78, 5) is 1.45. The average Bonchev–Trinajstić information content (AvgIpc) is 3.27. The standard InChI is InChI=1S/C24H36N2O2S.2ClH/c1-4-5-6-7-16-26(25-15-14-21-9-8-17-29-21)20-11-12-22-19(18-20)10-13-23(27-2)24(22)28-3;;/h8-10,13,17,20,25H,4-7,11-12,14-16,18H2,1-3H3;2*1H. The highest BCUT2D eigenvalue weighted by molar-refractivity contribution is 7.09. The van der Waals surface area contributed by atoms with Crippen LogP contribution in [0, 0.1) is 0 Å². The van der Waals surface area contributed by atoms with Gasteiger partial charge in [0, 0.05) is 29.6 Å². The second-order valence-electron chi connectivity index (χ2n) is 7.83. The van der Waals surface area contributed by atoms with Gasteiger partial charge in [-0.3, -0.25) is 5.43 Å². The van der Waals surface area contributed by atoms with E-state index in [9.17, 15) is 0 Å². The number of thiophene rings is 1. The zero-order chi connectivity index (χ0) is 20.5. The molecule has 1 aromatic carbocycles. The largest absolute Gasteiger partial charge is 0.493 e. The third-order valence-corrected chi connectivity index (χ3v) is 6.82. The number of ether oxygens (including phenoxy) is 2. The number of fused-ring (bicyclic) bond motifs is 1. The predicted molar refractivity (Wildman–Crippen MR) is 137 cm³/mol. The molecule has 0 bridgehead atoms. The fraction of sp³-hybridized carbons (Fsp3) is 0.583. The third kappa shape index (κ3) is 7.83. The van der Waals surface area contributed by atoms with Crippen molar-refractivity contribution in [1.29, 1.82) is 0 Å². The Labute approximate surface area is 204 Å². The summed E-state index contributed by atoms with van der Waals surface area (Å²) >= 11 is 1.85. The van der Waals surface area contributed by atoms with Gasteiger partial charge in [-0.05, 0) is 55.2 Å². The topological polar surface area (TPSA) is 33.7 Å². The molecule has 0 fully saturated rings. The first-order chi connectivity index (χ1) is 14.3. The summed E-state index contributed by atoms with van der Waals surface area (Å²) in [5.41, 5.74) is 6.50. The molecule has 1 heterocycles. The quantitative estimate of drug-likeness (QED) is 0.289. The molecule has 1 aliphatic carbocycles. The molecule has 1 aromatic heterocycles. The van der Waals surface area contributed by atoms with E-state index in [1.165, 1.54) is 41.7 Å². The molecule has 0 saturated heterocycles. The smallest absolute Gasteiger partial charge is 0.164 e. The van der Waals surface area contributed by atoms with E-state index in [2.05, 4.69) is 47.0 Å². The van der Waals surface area contributed by atoms with Gasteiger partial charge in [-0.1, -0.05) is 38.3 Å². The molecule has 0 amide bonds. The minimum absolute atomic E-state index is 0. The first kappa shape index (κ1) is 28.1. The lowest BCUT2D eigenvalue weighted by molar-refractivity contribution is 0.109. The van der Waals surface area contributed by atoms with E-state index in [0.29, 0.717) is 6.04 Å². The first-order valence-electron chi connectivity index (χ1n) is 11.0. The molecule has 1 N–H and O–H groups in total. The molecule has 176 valence electrons. The monoisotopic (exact) mass is 488 g/mol. The number of hydrazine groups is 1. The fourth-order valence-corrected chi connectivity index (χ4v) is 5.02. The molecule has 0 saturated carbocycles. The Kier molecular flexibility index (Phi) is 13.5. The highest BCUT2D eigenvalue weighted by atomic mass is 35.5. The van der Waals surface area contributed by atoms with E-state index in [0.717, 1.165) is 50.3 Å². The molecule has 31 heavy (non-hydrogen) atoms. The van der Waals surface area contributed by atoms with Crippen molar-refractivity contribution in [3.63, 3.8) is 0 Å². The number of benzene rings is 1. The van der Waals surface area contributed by atoms with Crippen molar-refractivity contribution in [3.8, 4) is 11.5 Å². The lowest BCUT2D eigenvalue weighted by Crippen LogP contribution is -2.49. The maximum Gasteiger partial charge on any atom is 0.164 e. The van der Waals surface area contributed by atoms with Crippen molar-refractivity contribution < 1.29 is 9.47 Å². The fourth-order valence-electron chi connectivity index (χ4n) is 4.31. The van der Waals surface area contributed by atoms with Crippen LogP contribution >= 0.6 is 36.2 Å². The number of nitrogens with one attached hydrogen (secondary N) is 1. The molecule has 1 unspecified atom stereocenters. The predicted octanol–water partition coefficient (Wildman–Crippen LogP) is 6.10. The van der Waals surface area contributed by atoms with Gasteiger partial charge < -0.3 is 9.47 Å². The third-order valence-electron chi connectivity index (χ3n) is 5.89. The Balaban J connectivity index is 0.00000240. The summed E-state index contributed by atoms with van der Waals surface area (Å²) in [6.45, 7) is 4.40. The van der Waals surface area contributed by atoms with Gasteiger partial charge >= 0.3 is 0 Å². The minimum Gasteiger partial charge on any atom is -0.493 e. The summed E-state index contributed by atoms with van der Waals surface area (Å²) in [5.74, 6) is 1.76. The first-order valence-corrected chi connectivity index (χ1v) is 11.9. The number of nitrogens with zero attached hydrogens (tertiary/aromatic N) is 1. The highest BCUT2D eigenvalue weighted by Crippen LogP contribution is 2.38. The van der Waals surface area contributed by atoms with Crippen molar-refractivity contribution >= 4 is 36.2 Å². The van der Waals surface area contributed by atoms with Crippen molar-refractivity contribution in [2.24, 2.45) is 0 Å². The number of hydrogen-bond donors (Lipinski definition) is 1. The van der Waals surface area contributed by atoms with Gasteiger partial charge in [0.1, 0.15) is 0 Å². The zero-order valence-electron chi connectivity index (χ0n) is 19.0. The van der Waals surface area contributed by atoms with Gasteiger partial charge in [-0.15, -0.1) is 36.2 Å². The average molecular weight is 490 g/mol. The molecule has 0 aliphatic heterocycles. The van der Waals surface area contributed by atoms with Crippen LogP contribution in [0.3, 0.4) is 0 Å². The van der Waals surface area contributed by atoms with Crippen LogP contribution in [0.5, 0.6) is 11.5 Å². The molecular weight excluding hydrogens is 451 g/mol. The van der Waals surface area contributed by atoms with Crippen LogP contribution in [0.1, 0.15) is 55.0 Å². The number of rotatable bonds is 12. The molecule has 2 aromatic rings. The number of hydrogen-bond acceptors (Lipinski definition) is 5. The number of unbranched alkanes of at least 4 members (excludes halogenated alkanes) is 3. The molecule has 1 aliphatic rings. The van der Waals surface area contributed by atoms with Crippen LogP contribution < -0.4 is 14.9 Å². The SMILES string of the molecule is CCCCCCN(NCCc1cccs1)C1CCc2c(ccc(OC)c2OC)C1.Cl.Cl. The summed E-state index contributed by atoms with van der Waals surface area (Å²) in [6, 6.07) is 9.18. The Bertz CT molecular complexity index is 743. The number of methoxy groups -OCH3 is 2.